The van der Waals surface area contributed by atoms with Gasteiger partial charge in [0.05, 0.1) is 18.2 Å². The van der Waals surface area contributed by atoms with Gasteiger partial charge in [-0.05, 0) is 24.3 Å². The van der Waals surface area contributed by atoms with Crippen molar-refractivity contribution in [3.8, 4) is 0 Å². The lowest BCUT2D eigenvalue weighted by molar-refractivity contribution is -0.111. The maximum absolute atomic E-state index is 12.6. The van der Waals surface area contributed by atoms with E-state index in [1.807, 2.05) is 0 Å². The average molecular weight is 331 g/mol. The van der Waals surface area contributed by atoms with Gasteiger partial charge >= 0.3 is 0 Å². The summed E-state index contributed by atoms with van der Waals surface area (Å²) in [6.07, 6.45) is 1.10. The molecule has 1 heterocycles. The molecule has 21 heavy (non-hydrogen) atoms. The predicted octanol–water partition coefficient (Wildman–Crippen LogP) is 1.49. The molecule has 114 valence electrons. The number of carbonyl (C=O) groups is 1. The third kappa shape index (κ3) is 3.62. The summed E-state index contributed by atoms with van der Waals surface area (Å²) in [5.74, 6) is -0.424. The van der Waals surface area contributed by atoms with E-state index in [1.165, 1.54) is 22.5 Å². The molecule has 1 amide bonds. The lowest BCUT2D eigenvalue weighted by Crippen LogP contribution is -2.40. The zero-order chi connectivity index (χ0) is 15.5. The monoisotopic (exact) mass is 330 g/mol. The van der Waals surface area contributed by atoms with Crippen LogP contribution in [0.5, 0.6) is 0 Å². The number of hydrogen-bond acceptors (Lipinski definition) is 4. The number of ether oxygens (including phenoxy) is 1. The number of nitrogens with zero attached hydrogens (tertiary/aromatic N) is 1. The second kappa shape index (κ2) is 6.57. The summed E-state index contributed by atoms with van der Waals surface area (Å²) >= 11 is 6.00. The molecule has 6 nitrogen and oxygen atoms in total. The quantitative estimate of drug-likeness (QED) is 0.849. The molecule has 1 aliphatic heterocycles. The number of nitrogens with one attached hydrogen (secondary N) is 1. The van der Waals surface area contributed by atoms with Crippen molar-refractivity contribution in [2.45, 2.75) is 4.90 Å². The Morgan fingerprint density at radius 2 is 2.05 bits per heavy atom. The van der Waals surface area contributed by atoms with Crippen molar-refractivity contribution < 1.29 is 17.9 Å². The SMILES string of the molecule is C=CC(=O)Nc1ccc(Cl)c(S(=O)(=O)N2CCOCC2)c1. The topological polar surface area (TPSA) is 75.7 Å². The van der Waals surface area contributed by atoms with Crippen molar-refractivity contribution >= 4 is 33.2 Å². The predicted molar refractivity (Wildman–Crippen MR) is 79.9 cm³/mol. The fourth-order valence-corrected chi connectivity index (χ4v) is 3.81. The Bertz CT molecular complexity index is 654. The zero-order valence-electron chi connectivity index (χ0n) is 11.2. The Morgan fingerprint density at radius 3 is 2.67 bits per heavy atom. The van der Waals surface area contributed by atoms with E-state index in [2.05, 4.69) is 11.9 Å². The van der Waals surface area contributed by atoms with E-state index in [9.17, 15) is 13.2 Å². The summed E-state index contributed by atoms with van der Waals surface area (Å²) in [6, 6.07) is 4.31. The van der Waals surface area contributed by atoms with Crippen LogP contribution in [0.1, 0.15) is 0 Å². The second-order valence-electron chi connectivity index (χ2n) is 4.36. The van der Waals surface area contributed by atoms with Crippen molar-refractivity contribution in [1.82, 2.24) is 4.31 Å². The van der Waals surface area contributed by atoms with Crippen LogP contribution >= 0.6 is 11.6 Å². The first kappa shape index (κ1) is 16.0. The molecule has 1 aromatic carbocycles. The van der Waals surface area contributed by atoms with Gasteiger partial charge < -0.3 is 10.1 Å². The van der Waals surface area contributed by atoms with Gasteiger partial charge in [0.2, 0.25) is 15.9 Å². The summed E-state index contributed by atoms with van der Waals surface area (Å²) in [5, 5.41) is 2.62. The molecule has 0 unspecified atom stereocenters. The number of carbonyl (C=O) groups excluding carboxylic acids is 1. The van der Waals surface area contributed by atoms with Gasteiger partial charge in [0.25, 0.3) is 0 Å². The molecule has 0 bridgehead atoms. The molecule has 1 saturated heterocycles. The lowest BCUT2D eigenvalue weighted by atomic mass is 10.3. The van der Waals surface area contributed by atoms with E-state index in [0.717, 1.165) is 6.08 Å². The number of amides is 1. The first-order chi connectivity index (χ1) is 9.95. The molecule has 8 heteroatoms. The standard InChI is InChI=1S/C13H15ClN2O4S/c1-2-13(17)15-10-3-4-11(14)12(9-10)21(18,19)16-5-7-20-8-6-16/h2-4,9H,1,5-8H2,(H,15,17). The third-order valence-electron chi connectivity index (χ3n) is 2.97. The van der Waals surface area contributed by atoms with Gasteiger partial charge in [0.1, 0.15) is 4.90 Å². The van der Waals surface area contributed by atoms with Crippen LogP contribution in [0.2, 0.25) is 5.02 Å². The minimum absolute atomic E-state index is 0.0343. The summed E-state index contributed by atoms with van der Waals surface area (Å²) in [5.41, 5.74) is 0.344. The molecule has 2 rings (SSSR count). The number of anilines is 1. The maximum Gasteiger partial charge on any atom is 0.247 e. The molecule has 0 atom stereocenters. The number of sulfonamides is 1. The Hall–Kier alpha value is -1.41. The molecule has 1 fully saturated rings. The molecule has 1 aromatic rings. The van der Waals surface area contributed by atoms with E-state index in [4.69, 9.17) is 16.3 Å². The number of benzene rings is 1. The van der Waals surface area contributed by atoms with Crippen LogP contribution in [0.25, 0.3) is 0 Å². The van der Waals surface area contributed by atoms with Gasteiger partial charge in [-0.3, -0.25) is 4.79 Å². The molecule has 1 N–H and O–H groups in total. The van der Waals surface area contributed by atoms with Gasteiger partial charge in [-0.25, -0.2) is 8.42 Å². The first-order valence-corrected chi connectivity index (χ1v) is 8.08. The number of halogens is 1. The molecule has 0 radical (unpaired) electrons. The van der Waals surface area contributed by atoms with E-state index >= 15 is 0 Å². The largest absolute Gasteiger partial charge is 0.379 e. The van der Waals surface area contributed by atoms with E-state index in [0.29, 0.717) is 18.9 Å². The lowest BCUT2D eigenvalue weighted by Gasteiger charge is -2.26. The van der Waals surface area contributed by atoms with Crippen molar-refractivity contribution in [3.05, 3.63) is 35.9 Å². The van der Waals surface area contributed by atoms with Crippen LogP contribution in [-0.4, -0.2) is 44.9 Å². The number of hydrogen-bond donors (Lipinski definition) is 1. The van der Waals surface area contributed by atoms with Crippen LogP contribution in [0.3, 0.4) is 0 Å². The van der Waals surface area contributed by atoms with Gasteiger partial charge in [-0.2, -0.15) is 4.31 Å². The Labute approximate surface area is 128 Å². The summed E-state index contributed by atoms with van der Waals surface area (Å²) < 4.78 is 31.6. The number of rotatable bonds is 4. The van der Waals surface area contributed by atoms with Crippen molar-refractivity contribution in [1.29, 1.82) is 0 Å². The molecule has 1 aliphatic rings. The minimum Gasteiger partial charge on any atom is -0.379 e. The molecule has 0 spiro atoms. The van der Waals surface area contributed by atoms with E-state index in [1.54, 1.807) is 0 Å². The highest BCUT2D eigenvalue weighted by atomic mass is 35.5. The van der Waals surface area contributed by atoms with Crippen LogP contribution in [-0.2, 0) is 19.6 Å². The smallest absolute Gasteiger partial charge is 0.247 e. The Morgan fingerprint density at radius 1 is 1.38 bits per heavy atom. The maximum atomic E-state index is 12.6. The van der Waals surface area contributed by atoms with Gasteiger partial charge in [0, 0.05) is 18.8 Å². The van der Waals surface area contributed by atoms with Gasteiger partial charge in [-0.1, -0.05) is 18.2 Å². The zero-order valence-corrected chi connectivity index (χ0v) is 12.8. The Balaban J connectivity index is 2.35. The van der Waals surface area contributed by atoms with Gasteiger partial charge in [-0.15, -0.1) is 0 Å². The molecular formula is C13H15ClN2O4S. The minimum atomic E-state index is -3.71. The summed E-state index contributed by atoms with van der Waals surface area (Å²) in [6.45, 7) is 4.60. The average Bonchev–Trinajstić information content (AvgIpc) is 2.49. The fourth-order valence-electron chi connectivity index (χ4n) is 1.90. The molecule has 0 aromatic heterocycles. The van der Waals surface area contributed by atoms with E-state index < -0.39 is 15.9 Å². The van der Waals surface area contributed by atoms with Crippen molar-refractivity contribution in [3.63, 3.8) is 0 Å². The van der Waals surface area contributed by atoms with Crippen LogP contribution < -0.4 is 5.32 Å². The highest BCUT2D eigenvalue weighted by Gasteiger charge is 2.28. The van der Waals surface area contributed by atoms with Crippen LogP contribution in [0.4, 0.5) is 5.69 Å². The van der Waals surface area contributed by atoms with E-state index in [-0.39, 0.29) is 23.0 Å². The van der Waals surface area contributed by atoms with Gasteiger partial charge in [0.15, 0.2) is 0 Å². The highest BCUT2D eigenvalue weighted by Crippen LogP contribution is 2.28. The summed E-state index contributed by atoms with van der Waals surface area (Å²) in [7, 11) is -3.71. The van der Waals surface area contributed by atoms with Crippen LogP contribution in [0, 0.1) is 0 Å². The van der Waals surface area contributed by atoms with Crippen molar-refractivity contribution in [2.75, 3.05) is 31.6 Å². The third-order valence-corrected chi connectivity index (χ3v) is 5.35. The molecule has 0 saturated carbocycles. The summed E-state index contributed by atoms with van der Waals surface area (Å²) in [4.78, 5) is 11.3. The molecular weight excluding hydrogens is 316 g/mol. The molecule has 0 aliphatic carbocycles. The fraction of sp³-hybridized carbons (Fsp3) is 0.308. The number of morpholine rings is 1. The Kier molecular flexibility index (Phi) is 5.00. The first-order valence-electron chi connectivity index (χ1n) is 6.26. The highest BCUT2D eigenvalue weighted by molar-refractivity contribution is 7.89. The van der Waals surface area contributed by atoms with Crippen LogP contribution in [0.15, 0.2) is 35.7 Å². The second-order valence-corrected chi connectivity index (χ2v) is 6.67. The normalized spacial score (nSPS) is 16.4. The van der Waals surface area contributed by atoms with Crippen molar-refractivity contribution in [2.24, 2.45) is 0 Å².